The number of nitrogens with zero attached hydrogens (tertiary/aromatic N) is 1. The van der Waals surface area contributed by atoms with Crippen LogP contribution in [0, 0.1) is 5.92 Å². The molecule has 0 saturated heterocycles. The Morgan fingerprint density at radius 2 is 1.80 bits per heavy atom. The third-order valence-corrected chi connectivity index (χ3v) is 6.22. The van der Waals surface area contributed by atoms with Crippen LogP contribution in [0.1, 0.15) is 37.7 Å². The quantitative estimate of drug-likeness (QED) is 0.747. The Balaban J connectivity index is 1.81. The Morgan fingerprint density at radius 3 is 2.40 bits per heavy atom. The fourth-order valence-electron chi connectivity index (χ4n) is 3.16. The molecule has 2 rings (SSSR count). The van der Waals surface area contributed by atoms with Crippen LogP contribution in [0.25, 0.3) is 0 Å². The van der Waals surface area contributed by atoms with E-state index in [2.05, 4.69) is 5.32 Å². The minimum absolute atomic E-state index is 0.0610. The van der Waals surface area contributed by atoms with Crippen LogP contribution < -0.4 is 5.32 Å². The number of amides is 1. The predicted octanol–water partition coefficient (Wildman–Crippen LogP) is 2.84. The van der Waals surface area contributed by atoms with Crippen molar-refractivity contribution in [2.45, 2.75) is 38.5 Å². The maximum Gasteiger partial charge on any atom is 0.223 e. The molecule has 1 aromatic carbocycles. The third-order valence-electron chi connectivity index (χ3n) is 4.67. The fourth-order valence-corrected chi connectivity index (χ4v) is 4.13. The molecule has 1 N–H and O–H groups in total. The molecule has 1 amide bonds. The molecule has 0 bridgehead atoms. The summed E-state index contributed by atoms with van der Waals surface area (Å²) in [4.78, 5) is 12.1. The maximum absolute atomic E-state index is 12.1. The van der Waals surface area contributed by atoms with Crippen molar-refractivity contribution < 1.29 is 13.2 Å². The molecular weight excluding hydrogens is 360 g/mol. The van der Waals surface area contributed by atoms with Gasteiger partial charge in [-0.1, -0.05) is 43.0 Å². The van der Waals surface area contributed by atoms with Crippen molar-refractivity contribution in [2.75, 3.05) is 25.9 Å². The van der Waals surface area contributed by atoms with Crippen LogP contribution in [0.15, 0.2) is 24.3 Å². The lowest BCUT2D eigenvalue weighted by atomic mass is 9.89. The molecule has 0 aromatic heterocycles. The van der Waals surface area contributed by atoms with E-state index in [0.717, 1.165) is 31.2 Å². The van der Waals surface area contributed by atoms with Gasteiger partial charge in [0.25, 0.3) is 0 Å². The van der Waals surface area contributed by atoms with Crippen molar-refractivity contribution in [1.82, 2.24) is 9.62 Å². The molecule has 1 aliphatic rings. The third kappa shape index (κ3) is 6.96. The number of rotatable bonds is 8. The summed E-state index contributed by atoms with van der Waals surface area (Å²) < 4.78 is 25.4. The molecule has 1 saturated carbocycles. The van der Waals surface area contributed by atoms with Crippen molar-refractivity contribution in [2.24, 2.45) is 5.92 Å². The van der Waals surface area contributed by atoms with Gasteiger partial charge in [0.05, 0.1) is 6.26 Å². The molecule has 1 fully saturated rings. The highest BCUT2D eigenvalue weighted by Gasteiger charge is 2.21. The molecule has 0 atom stereocenters. The van der Waals surface area contributed by atoms with Crippen molar-refractivity contribution in [1.29, 1.82) is 0 Å². The molecule has 140 valence electrons. The first-order valence-corrected chi connectivity index (χ1v) is 11.1. The van der Waals surface area contributed by atoms with Crippen LogP contribution in [0.2, 0.25) is 5.02 Å². The summed E-state index contributed by atoms with van der Waals surface area (Å²) >= 11 is 5.86. The van der Waals surface area contributed by atoms with Crippen LogP contribution in [0.3, 0.4) is 0 Å². The van der Waals surface area contributed by atoms with E-state index < -0.39 is 10.0 Å². The average Bonchev–Trinajstić information content (AvgIpc) is 2.59. The van der Waals surface area contributed by atoms with E-state index in [1.807, 2.05) is 12.1 Å². The van der Waals surface area contributed by atoms with E-state index in [4.69, 9.17) is 11.6 Å². The number of carbonyl (C=O) groups excluding carboxylic acids is 1. The molecular formula is C18H27ClN2O3S. The Labute approximate surface area is 155 Å². The molecule has 0 spiro atoms. The van der Waals surface area contributed by atoms with Gasteiger partial charge in [-0.25, -0.2) is 12.7 Å². The van der Waals surface area contributed by atoms with E-state index in [9.17, 15) is 13.2 Å². The van der Waals surface area contributed by atoms with Gasteiger partial charge >= 0.3 is 0 Å². The lowest BCUT2D eigenvalue weighted by Gasteiger charge is -2.23. The molecule has 7 heteroatoms. The van der Waals surface area contributed by atoms with Crippen molar-refractivity contribution in [3.05, 3.63) is 34.9 Å². The van der Waals surface area contributed by atoms with Crippen LogP contribution in [0.4, 0.5) is 0 Å². The van der Waals surface area contributed by atoms with Crippen LogP contribution >= 0.6 is 11.6 Å². The molecule has 0 unspecified atom stereocenters. The minimum Gasteiger partial charge on any atom is -0.355 e. The number of carbonyl (C=O) groups is 1. The summed E-state index contributed by atoms with van der Waals surface area (Å²) in [6, 6.07) is 7.39. The number of sulfonamides is 1. The highest BCUT2D eigenvalue weighted by molar-refractivity contribution is 7.88. The second-order valence-electron chi connectivity index (χ2n) is 6.66. The first kappa shape index (κ1) is 20.2. The number of benzene rings is 1. The van der Waals surface area contributed by atoms with E-state index in [1.165, 1.54) is 17.0 Å². The van der Waals surface area contributed by atoms with Gasteiger partial charge in [-0.05, 0) is 37.0 Å². The van der Waals surface area contributed by atoms with Crippen molar-refractivity contribution in [3.63, 3.8) is 0 Å². The highest BCUT2D eigenvalue weighted by Crippen LogP contribution is 2.23. The van der Waals surface area contributed by atoms with Gasteiger partial charge in [-0.2, -0.15) is 0 Å². The molecule has 0 radical (unpaired) electrons. The number of hydrogen-bond acceptors (Lipinski definition) is 3. The van der Waals surface area contributed by atoms with Gasteiger partial charge in [0.15, 0.2) is 0 Å². The summed E-state index contributed by atoms with van der Waals surface area (Å²) in [6.45, 7) is 1.04. The van der Waals surface area contributed by atoms with E-state index >= 15 is 0 Å². The Morgan fingerprint density at radius 1 is 1.16 bits per heavy atom. The van der Waals surface area contributed by atoms with E-state index in [1.54, 1.807) is 12.1 Å². The second-order valence-corrected chi connectivity index (χ2v) is 9.08. The van der Waals surface area contributed by atoms with Gasteiger partial charge in [0.2, 0.25) is 15.9 Å². The zero-order valence-electron chi connectivity index (χ0n) is 14.7. The SMILES string of the molecule is CS(=O)(=O)N(CCNC(=O)C1CCCCC1)CCc1ccc(Cl)cc1. The summed E-state index contributed by atoms with van der Waals surface area (Å²) in [6.07, 6.45) is 7.12. The Bertz CT molecular complexity index is 655. The minimum atomic E-state index is -3.31. The van der Waals surface area contributed by atoms with Crippen LogP contribution in [0.5, 0.6) is 0 Å². The van der Waals surface area contributed by atoms with Gasteiger partial charge in [-0.15, -0.1) is 0 Å². The second kappa shape index (κ2) is 9.55. The summed E-state index contributed by atoms with van der Waals surface area (Å²) in [5.74, 6) is 0.153. The average molecular weight is 387 g/mol. The van der Waals surface area contributed by atoms with Crippen molar-refractivity contribution in [3.8, 4) is 0 Å². The number of hydrogen-bond donors (Lipinski definition) is 1. The summed E-state index contributed by atoms with van der Waals surface area (Å²) in [5, 5.41) is 3.56. The predicted molar refractivity (Wildman–Crippen MR) is 101 cm³/mol. The monoisotopic (exact) mass is 386 g/mol. The Kier molecular flexibility index (Phi) is 7.72. The summed E-state index contributed by atoms with van der Waals surface area (Å²) in [7, 11) is -3.31. The van der Waals surface area contributed by atoms with Gasteiger partial charge < -0.3 is 5.32 Å². The van der Waals surface area contributed by atoms with Crippen LogP contribution in [-0.4, -0.2) is 44.5 Å². The normalized spacial score (nSPS) is 16.1. The fraction of sp³-hybridized carbons (Fsp3) is 0.611. The molecule has 25 heavy (non-hydrogen) atoms. The topological polar surface area (TPSA) is 66.5 Å². The lowest BCUT2D eigenvalue weighted by molar-refractivity contribution is -0.125. The van der Waals surface area contributed by atoms with E-state index in [0.29, 0.717) is 31.1 Å². The Hall–Kier alpha value is -1.11. The molecule has 1 aliphatic carbocycles. The van der Waals surface area contributed by atoms with Gasteiger partial charge in [0, 0.05) is 30.6 Å². The first-order valence-electron chi connectivity index (χ1n) is 8.83. The first-order chi connectivity index (χ1) is 11.9. The van der Waals surface area contributed by atoms with Gasteiger partial charge in [0.1, 0.15) is 0 Å². The zero-order chi connectivity index (χ0) is 18.3. The van der Waals surface area contributed by atoms with Crippen LogP contribution in [-0.2, 0) is 21.2 Å². The molecule has 0 aliphatic heterocycles. The zero-order valence-corrected chi connectivity index (χ0v) is 16.3. The number of halogens is 1. The highest BCUT2D eigenvalue weighted by atomic mass is 35.5. The molecule has 1 aromatic rings. The maximum atomic E-state index is 12.1. The van der Waals surface area contributed by atoms with E-state index in [-0.39, 0.29) is 11.8 Å². The lowest BCUT2D eigenvalue weighted by Crippen LogP contribution is -2.41. The number of nitrogens with one attached hydrogen (secondary N) is 1. The van der Waals surface area contributed by atoms with Crippen molar-refractivity contribution >= 4 is 27.5 Å². The molecule has 5 nitrogen and oxygen atoms in total. The molecule has 0 heterocycles. The largest absolute Gasteiger partial charge is 0.355 e. The summed E-state index contributed by atoms with van der Waals surface area (Å²) in [5.41, 5.74) is 1.03. The van der Waals surface area contributed by atoms with Gasteiger partial charge in [-0.3, -0.25) is 4.79 Å². The smallest absolute Gasteiger partial charge is 0.223 e. The standard InChI is InChI=1S/C18H27ClN2O3S/c1-25(23,24)21(13-11-15-7-9-17(19)10-8-15)14-12-20-18(22)16-5-3-2-4-6-16/h7-10,16H,2-6,11-14H2,1H3,(H,20,22).